The Labute approximate surface area is 236 Å². The average Bonchev–Trinajstić information content (AvgIpc) is 3.63. The van der Waals surface area contributed by atoms with Gasteiger partial charge < -0.3 is 24.5 Å². The molecular weight excluding hydrogens is 571 g/mol. The minimum Gasteiger partial charge on any atom is -0.380 e. The summed E-state index contributed by atoms with van der Waals surface area (Å²) in [6, 6.07) is 8.74. The van der Waals surface area contributed by atoms with Gasteiger partial charge in [0, 0.05) is 18.6 Å². The van der Waals surface area contributed by atoms with Crippen molar-refractivity contribution in [2.24, 2.45) is 7.05 Å². The molecule has 4 heterocycles. The molecule has 0 radical (unpaired) electrons. The van der Waals surface area contributed by atoms with Crippen molar-refractivity contribution in [2.45, 2.75) is 24.9 Å². The number of halogens is 1. The van der Waals surface area contributed by atoms with Crippen molar-refractivity contribution in [1.82, 2.24) is 29.3 Å². The lowest BCUT2D eigenvalue weighted by Gasteiger charge is -2.15. The van der Waals surface area contributed by atoms with E-state index in [2.05, 4.69) is 25.4 Å². The first-order valence-electron chi connectivity index (χ1n) is 12.7. The molecule has 2 aromatic carbocycles. The van der Waals surface area contributed by atoms with Crippen LogP contribution < -0.4 is 25.0 Å². The highest BCUT2D eigenvalue weighted by atomic mass is 32.3. The van der Waals surface area contributed by atoms with Gasteiger partial charge >= 0.3 is 10.4 Å². The number of benzene rings is 2. The molecule has 0 spiro atoms. The predicted octanol–water partition coefficient (Wildman–Crippen LogP) is 2.35. The molecule has 0 amide bonds. The molecule has 16 heteroatoms. The van der Waals surface area contributed by atoms with Crippen LogP contribution in [0.4, 0.5) is 22.0 Å². The Morgan fingerprint density at radius 1 is 1.17 bits per heavy atom. The summed E-state index contributed by atoms with van der Waals surface area (Å²) < 4.78 is 52.7. The fourth-order valence-electron chi connectivity index (χ4n) is 4.89. The van der Waals surface area contributed by atoms with E-state index in [1.165, 1.54) is 30.3 Å². The van der Waals surface area contributed by atoms with Crippen LogP contribution in [0.5, 0.6) is 11.6 Å². The zero-order valence-corrected chi connectivity index (χ0v) is 22.5. The van der Waals surface area contributed by atoms with Crippen LogP contribution in [0.25, 0.3) is 16.5 Å². The molecule has 1 fully saturated rings. The fourth-order valence-corrected chi connectivity index (χ4v) is 5.63. The summed E-state index contributed by atoms with van der Waals surface area (Å²) in [6.07, 6.45) is 3.50. The summed E-state index contributed by atoms with van der Waals surface area (Å²) in [5, 5.41) is 17.8. The van der Waals surface area contributed by atoms with Crippen LogP contribution in [0.1, 0.15) is 41.8 Å². The predicted molar refractivity (Wildman–Crippen MR) is 146 cm³/mol. The number of nitrogens with two attached hydrogens (primary N) is 1. The normalized spacial score (nSPS) is 16.1. The summed E-state index contributed by atoms with van der Waals surface area (Å²) in [6.45, 7) is 0. The van der Waals surface area contributed by atoms with E-state index >= 15 is 4.39 Å². The number of rotatable bonds is 6. The highest BCUT2D eigenvalue weighted by Crippen LogP contribution is 2.46. The summed E-state index contributed by atoms with van der Waals surface area (Å²) in [5.41, 5.74) is 6.48. The standard InChI is InChI=1S/C26H21FN8O6S/c1-34-11-15(10-29-34)30-26-32-22(31-25(28)33-26)20(36)13-3-2-4-16(7-13)35-23(37)19-17(21-24(35)41-42(38,39)40-21)8-14(9-18(19)27)12-5-6-12/h2-4,7-12,20,36H,5-6H2,1H3,(H3,28,30,31,32,33). The lowest BCUT2D eigenvalue weighted by Crippen LogP contribution is -2.21. The quantitative estimate of drug-likeness (QED) is 0.261. The van der Waals surface area contributed by atoms with E-state index in [0.717, 1.165) is 17.4 Å². The molecule has 5 aromatic rings. The molecule has 0 saturated heterocycles. The maximum Gasteiger partial charge on any atom is 0.502 e. The van der Waals surface area contributed by atoms with Crippen LogP contribution in [0, 0.1) is 5.82 Å². The van der Waals surface area contributed by atoms with Crippen LogP contribution in [-0.4, -0.2) is 42.8 Å². The maximum atomic E-state index is 15.4. The summed E-state index contributed by atoms with van der Waals surface area (Å²) >= 11 is 0. The number of hydrogen-bond acceptors (Lipinski definition) is 12. The molecule has 1 aliphatic heterocycles. The molecule has 1 aliphatic carbocycles. The summed E-state index contributed by atoms with van der Waals surface area (Å²) in [7, 11) is -2.83. The van der Waals surface area contributed by atoms with Crippen LogP contribution in [0.2, 0.25) is 0 Å². The first-order valence-corrected chi connectivity index (χ1v) is 14.0. The summed E-state index contributed by atoms with van der Waals surface area (Å²) in [4.78, 5) is 26.0. The largest absolute Gasteiger partial charge is 0.502 e. The zero-order valence-electron chi connectivity index (χ0n) is 21.7. The number of nitrogens with one attached hydrogen (secondary N) is 1. The molecule has 3 aromatic heterocycles. The van der Waals surface area contributed by atoms with Gasteiger partial charge in [0.25, 0.3) is 11.4 Å². The Bertz CT molecular complexity index is 2090. The lowest BCUT2D eigenvalue weighted by molar-refractivity contribution is 0.210. The Hall–Kier alpha value is -5.09. The van der Waals surface area contributed by atoms with Crippen LogP contribution in [-0.2, 0) is 17.4 Å². The number of aliphatic hydroxyl groups excluding tert-OH is 1. The molecule has 1 saturated carbocycles. The van der Waals surface area contributed by atoms with Crippen LogP contribution in [0.3, 0.4) is 0 Å². The van der Waals surface area contributed by atoms with Crippen molar-refractivity contribution >= 4 is 38.8 Å². The van der Waals surface area contributed by atoms with E-state index in [9.17, 15) is 18.3 Å². The third-order valence-electron chi connectivity index (χ3n) is 6.91. The minimum absolute atomic E-state index is 0.000259. The van der Waals surface area contributed by atoms with Crippen molar-refractivity contribution in [1.29, 1.82) is 0 Å². The van der Waals surface area contributed by atoms with E-state index in [1.807, 2.05) is 0 Å². The van der Waals surface area contributed by atoms with Gasteiger partial charge in [-0.25, -0.2) is 8.96 Å². The number of aliphatic hydroxyl groups is 1. The molecule has 214 valence electrons. The van der Waals surface area contributed by atoms with Crippen molar-refractivity contribution in [2.75, 3.05) is 11.1 Å². The van der Waals surface area contributed by atoms with Gasteiger partial charge in [-0.1, -0.05) is 12.1 Å². The molecule has 0 bridgehead atoms. The second-order valence-electron chi connectivity index (χ2n) is 9.95. The molecule has 42 heavy (non-hydrogen) atoms. The second kappa shape index (κ2) is 9.22. The van der Waals surface area contributed by atoms with Crippen molar-refractivity contribution in [3.63, 3.8) is 0 Å². The van der Waals surface area contributed by atoms with E-state index < -0.39 is 33.8 Å². The lowest BCUT2D eigenvalue weighted by atomic mass is 10.0. The Balaban J connectivity index is 1.33. The Kier molecular flexibility index (Phi) is 5.67. The Morgan fingerprint density at radius 2 is 1.98 bits per heavy atom. The third kappa shape index (κ3) is 4.46. The number of aryl methyl sites for hydroxylation is 1. The molecule has 2 aliphatic rings. The van der Waals surface area contributed by atoms with Gasteiger partial charge in [-0.3, -0.25) is 9.48 Å². The number of aromatic nitrogens is 6. The average molecular weight is 593 g/mol. The van der Waals surface area contributed by atoms with Gasteiger partial charge in [0.1, 0.15) is 11.9 Å². The highest BCUT2D eigenvalue weighted by molar-refractivity contribution is 7.82. The van der Waals surface area contributed by atoms with Gasteiger partial charge in [-0.2, -0.15) is 20.1 Å². The fraction of sp³-hybridized carbons (Fsp3) is 0.192. The van der Waals surface area contributed by atoms with Crippen LogP contribution in [0.15, 0.2) is 53.6 Å². The molecular formula is C26H21FN8O6S. The SMILES string of the molecule is Cn1cc(Nc2nc(N)nc(C(O)c3cccc(-n4c5c(c6cc(C7CC7)cc(F)c6c4=O)OS(=O)(=O)O5)c3)n2)cn1. The van der Waals surface area contributed by atoms with Crippen molar-refractivity contribution in [3.05, 3.63) is 81.9 Å². The zero-order chi connectivity index (χ0) is 29.3. The van der Waals surface area contributed by atoms with Gasteiger partial charge in [-0.05, 0) is 54.2 Å². The van der Waals surface area contributed by atoms with E-state index in [0.29, 0.717) is 11.3 Å². The van der Waals surface area contributed by atoms with Crippen molar-refractivity contribution in [3.8, 4) is 17.3 Å². The number of anilines is 3. The molecule has 7 rings (SSSR count). The molecule has 4 N–H and O–H groups in total. The number of nitrogens with zero attached hydrogens (tertiary/aromatic N) is 6. The highest BCUT2D eigenvalue weighted by Gasteiger charge is 2.37. The minimum atomic E-state index is -4.56. The molecule has 1 unspecified atom stereocenters. The Morgan fingerprint density at radius 3 is 2.71 bits per heavy atom. The first kappa shape index (κ1) is 25.8. The van der Waals surface area contributed by atoms with Gasteiger partial charge in [-0.15, -0.1) is 8.42 Å². The van der Waals surface area contributed by atoms with Gasteiger partial charge in [0.15, 0.2) is 5.82 Å². The smallest absolute Gasteiger partial charge is 0.380 e. The number of fused-ring (bicyclic) bond motifs is 3. The monoisotopic (exact) mass is 592 g/mol. The van der Waals surface area contributed by atoms with E-state index in [1.54, 1.807) is 30.2 Å². The number of hydrogen-bond donors (Lipinski definition) is 3. The van der Waals surface area contributed by atoms with Gasteiger partial charge in [0.2, 0.25) is 17.6 Å². The second-order valence-corrected chi connectivity index (χ2v) is 11.1. The first-order chi connectivity index (χ1) is 20.1. The topological polar surface area (TPSA) is 189 Å². The van der Waals surface area contributed by atoms with Crippen molar-refractivity contribution < 1.29 is 26.3 Å². The molecule has 1 atom stereocenters. The van der Waals surface area contributed by atoms with Gasteiger partial charge in [0.05, 0.1) is 23.0 Å². The van der Waals surface area contributed by atoms with Crippen LogP contribution >= 0.6 is 0 Å². The third-order valence-corrected chi connectivity index (χ3v) is 7.64. The number of pyridine rings is 1. The van der Waals surface area contributed by atoms with E-state index in [-0.39, 0.29) is 51.4 Å². The maximum absolute atomic E-state index is 15.4. The molecule has 14 nitrogen and oxygen atoms in total. The summed E-state index contributed by atoms with van der Waals surface area (Å²) in [5.74, 6) is -1.63. The number of nitrogen functional groups attached to an aromatic ring is 1. The van der Waals surface area contributed by atoms with E-state index in [4.69, 9.17) is 14.1 Å².